The van der Waals surface area contributed by atoms with Gasteiger partial charge in [-0.3, -0.25) is 0 Å². The van der Waals surface area contributed by atoms with Gasteiger partial charge in [-0.05, 0) is 82.9 Å². The van der Waals surface area contributed by atoms with Crippen LogP contribution >= 0.6 is 0 Å². The van der Waals surface area contributed by atoms with Crippen molar-refractivity contribution >= 4 is 10.9 Å². The molecule has 0 radical (unpaired) electrons. The number of nitrogens with one attached hydrogen (secondary N) is 1. The molecule has 4 heteroatoms. The van der Waals surface area contributed by atoms with E-state index in [0.29, 0.717) is 5.92 Å². The highest BCUT2D eigenvalue weighted by Crippen LogP contribution is 2.33. The zero-order valence-corrected chi connectivity index (χ0v) is 16.8. The van der Waals surface area contributed by atoms with E-state index >= 15 is 0 Å². The molecule has 1 aliphatic heterocycles. The first-order valence-corrected chi connectivity index (χ1v) is 9.76. The van der Waals surface area contributed by atoms with Crippen molar-refractivity contribution in [2.24, 2.45) is 5.73 Å². The lowest BCUT2D eigenvalue weighted by Crippen LogP contribution is -2.26. The third-order valence-corrected chi connectivity index (χ3v) is 5.23. The molecule has 1 aromatic heterocycles. The molecule has 0 unspecified atom stereocenters. The number of fused-ring (bicyclic) bond motifs is 1. The zero-order valence-electron chi connectivity index (χ0n) is 16.8. The molecule has 1 aliphatic rings. The molecule has 0 aliphatic carbocycles. The highest BCUT2D eigenvalue weighted by molar-refractivity contribution is 5.94. The van der Waals surface area contributed by atoms with E-state index in [0.717, 1.165) is 30.1 Å². The fourth-order valence-corrected chi connectivity index (χ4v) is 3.95. The summed E-state index contributed by atoms with van der Waals surface area (Å²) in [5, 5.41) is 4.65. The second-order valence-electron chi connectivity index (χ2n) is 7.25. The molecule has 2 heterocycles. The molecule has 0 spiro atoms. The third-order valence-electron chi connectivity index (χ3n) is 5.23. The maximum absolute atomic E-state index is 4.82. The molecular weight excluding hydrogens is 332 g/mol. The molecule has 142 valence electrons. The molecule has 0 atom stereocenters. The first-order valence-electron chi connectivity index (χ1n) is 9.76. The van der Waals surface area contributed by atoms with Gasteiger partial charge in [-0.25, -0.2) is 9.97 Å². The van der Waals surface area contributed by atoms with Gasteiger partial charge in [0.05, 0.1) is 11.2 Å². The van der Waals surface area contributed by atoms with Gasteiger partial charge in [0.15, 0.2) is 0 Å². The minimum Gasteiger partial charge on any atom is -0.333 e. The Morgan fingerprint density at radius 2 is 1.70 bits per heavy atom. The molecule has 1 saturated heterocycles. The molecule has 3 aromatic rings. The van der Waals surface area contributed by atoms with Gasteiger partial charge >= 0.3 is 0 Å². The summed E-state index contributed by atoms with van der Waals surface area (Å²) in [7, 11) is 1.50. The summed E-state index contributed by atoms with van der Waals surface area (Å²) in [6.07, 6.45) is 2.41. The molecule has 3 N–H and O–H groups in total. The summed E-state index contributed by atoms with van der Waals surface area (Å²) in [6.45, 7) is 8.51. The SMILES string of the molecule is CN.Cc1cccc(-c2nc(C)nc3c(C)cc(C4CCNCC4)cc23)c1. The number of nitrogens with two attached hydrogens (primary N) is 1. The van der Waals surface area contributed by atoms with Gasteiger partial charge in [0.1, 0.15) is 5.82 Å². The van der Waals surface area contributed by atoms with Gasteiger partial charge in [0, 0.05) is 10.9 Å². The van der Waals surface area contributed by atoms with E-state index in [9.17, 15) is 0 Å². The summed E-state index contributed by atoms with van der Waals surface area (Å²) in [5.41, 5.74) is 11.8. The molecule has 4 nitrogen and oxygen atoms in total. The fourth-order valence-electron chi connectivity index (χ4n) is 3.95. The number of benzene rings is 2. The number of rotatable bonds is 2. The quantitative estimate of drug-likeness (QED) is 0.715. The van der Waals surface area contributed by atoms with Crippen LogP contribution in [0.15, 0.2) is 36.4 Å². The topological polar surface area (TPSA) is 63.8 Å². The molecular formula is C23H30N4. The maximum atomic E-state index is 4.82. The summed E-state index contributed by atoms with van der Waals surface area (Å²) >= 11 is 0. The Bertz CT molecular complexity index is 927. The predicted octanol–water partition coefficient (Wildman–Crippen LogP) is 4.26. The van der Waals surface area contributed by atoms with E-state index in [4.69, 9.17) is 9.97 Å². The molecule has 4 rings (SSSR count). The summed E-state index contributed by atoms with van der Waals surface area (Å²) in [5.74, 6) is 1.47. The van der Waals surface area contributed by atoms with E-state index in [1.807, 2.05) is 6.92 Å². The van der Waals surface area contributed by atoms with Gasteiger partial charge in [-0.15, -0.1) is 0 Å². The minimum atomic E-state index is 0.635. The van der Waals surface area contributed by atoms with Crippen molar-refractivity contribution in [2.75, 3.05) is 20.1 Å². The van der Waals surface area contributed by atoms with Crippen LogP contribution in [0.3, 0.4) is 0 Å². The number of nitrogens with zero attached hydrogens (tertiary/aromatic N) is 2. The second-order valence-corrected chi connectivity index (χ2v) is 7.25. The Balaban J connectivity index is 0.00000102. The smallest absolute Gasteiger partial charge is 0.126 e. The number of hydrogen-bond donors (Lipinski definition) is 2. The van der Waals surface area contributed by atoms with E-state index in [1.54, 1.807) is 0 Å². The normalized spacial score (nSPS) is 14.7. The van der Waals surface area contributed by atoms with Crippen molar-refractivity contribution in [3.8, 4) is 11.3 Å². The molecule has 0 bridgehead atoms. The van der Waals surface area contributed by atoms with E-state index in [-0.39, 0.29) is 0 Å². The lowest BCUT2D eigenvalue weighted by Gasteiger charge is -2.24. The van der Waals surface area contributed by atoms with Gasteiger partial charge < -0.3 is 11.1 Å². The highest BCUT2D eigenvalue weighted by atomic mass is 14.9. The third kappa shape index (κ3) is 4.18. The first-order chi connectivity index (χ1) is 13.1. The van der Waals surface area contributed by atoms with Gasteiger partial charge in [-0.1, -0.05) is 29.8 Å². The number of aromatic nitrogens is 2. The van der Waals surface area contributed by atoms with Gasteiger partial charge in [0.25, 0.3) is 0 Å². The summed E-state index contributed by atoms with van der Waals surface area (Å²) < 4.78 is 0. The minimum absolute atomic E-state index is 0.635. The van der Waals surface area contributed by atoms with Crippen molar-refractivity contribution in [2.45, 2.75) is 39.5 Å². The van der Waals surface area contributed by atoms with E-state index in [2.05, 4.69) is 61.3 Å². The Morgan fingerprint density at radius 3 is 2.41 bits per heavy atom. The fraction of sp³-hybridized carbons (Fsp3) is 0.391. The van der Waals surface area contributed by atoms with Crippen LogP contribution in [0.5, 0.6) is 0 Å². The monoisotopic (exact) mass is 362 g/mol. The standard InChI is InChI=1S/C22H25N3.CH5N/c1-14-5-4-6-18(11-14)22-20-13-19(17-7-9-23-10-8-17)12-15(2)21(20)24-16(3)25-22;1-2/h4-6,11-13,17,23H,7-10H2,1-3H3;2H2,1H3. The maximum Gasteiger partial charge on any atom is 0.126 e. The first kappa shape index (κ1) is 19.5. The lowest BCUT2D eigenvalue weighted by atomic mass is 9.87. The van der Waals surface area contributed by atoms with E-state index < -0.39 is 0 Å². The number of aryl methyl sites for hydroxylation is 3. The summed E-state index contributed by atoms with van der Waals surface area (Å²) in [4.78, 5) is 9.56. The number of piperidine rings is 1. The molecule has 1 fully saturated rings. The van der Waals surface area contributed by atoms with Gasteiger partial charge in [-0.2, -0.15) is 0 Å². The van der Waals surface area contributed by atoms with Crippen LogP contribution in [-0.4, -0.2) is 30.1 Å². The average molecular weight is 363 g/mol. The van der Waals surface area contributed by atoms with Crippen molar-refractivity contribution in [1.82, 2.24) is 15.3 Å². The second kappa shape index (κ2) is 8.59. The molecule has 0 amide bonds. The van der Waals surface area contributed by atoms with Gasteiger partial charge in [0.2, 0.25) is 0 Å². The van der Waals surface area contributed by atoms with Crippen molar-refractivity contribution in [3.05, 3.63) is 58.9 Å². The van der Waals surface area contributed by atoms with Crippen molar-refractivity contribution in [3.63, 3.8) is 0 Å². The van der Waals surface area contributed by atoms with Crippen LogP contribution in [0.1, 0.15) is 41.3 Å². The van der Waals surface area contributed by atoms with Crippen molar-refractivity contribution in [1.29, 1.82) is 0 Å². The predicted molar refractivity (Wildman–Crippen MR) is 114 cm³/mol. The molecule has 27 heavy (non-hydrogen) atoms. The van der Waals surface area contributed by atoms with Crippen LogP contribution in [0.25, 0.3) is 22.2 Å². The molecule has 2 aromatic carbocycles. The van der Waals surface area contributed by atoms with E-state index in [1.165, 1.54) is 47.5 Å². The van der Waals surface area contributed by atoms with Crippen LogP contribution in [0.2, 0.25) is 0 Å². The lowest BCUT2D eigenvalue weighted by molar-refractivity contribution is 0.460. The zero-order chi connectivity index (χ0) is 19.4. The van der Waals surface area contributed by atoms with Crippen molar-refractivity contribution < 1.29 is 0 Å². The Kier molecular flexibility index (Phi) is 6.19. The Labute approximate surface area is 162 Å². The highest BCUT2D eigenvalue weighted by Gasteiger charge is 2.18. The van der Waals surface area contributed by atoms with Crippen LogP contribution < -0.4 is 11.1 Å². The van der Waals surface area contributed by atoms with Crippen LogP contribution in [-0.2, 0) is 0 Å². The Morgan fingerprint density at radius 1 is 0.963 bits per heavy atom. The van der Waals surface area contributed by atoms with Crippen LogP contribution in [0, 0.1) is 20.8 Å². The largest absolute Gasteiger partial charge is 0.333 e. The summed E-state index contributed by atoms with van der Waals surface area (Å²) in [6, 6.07) is 13.3. The Hall–Kier alpha value is -2.30. The average Bonchev–Trinajstić information content (AvgIpc) is 2.70. The number of hydrogen-bond acceptors (Lipinski definition) is 4. The molecule has 0 saturated carbocycles. The van der Waals surface area contributed by atoms with Crippen LogP contribution in [0.4, 0.5) is 0 Å².